The number of benzene rings is 2. The number of hydrogen-bond acceptors (Lipinski definition) is 7. The maximum Gasteiger partial charge on any atom is 0.232 e. The number of nitrogens with two attached hydrogens (primary N) is 1. The number of aliphatic imine (C=N–C) groups is 1. The molecule has 5 aliphatic rings. The highest BCUT2D eigenvalue weighted by Crippen LogP contribution is 2.52. The number of para-hydroxylation sites is 1. The largest absolute Gasteiger partial charge is 0.490 e. The lowest BCUT2D eigenvalue weighted by Gasteiger charge is -2.39. The van der Waals surface area contributed by atoms with Gasteiger partial charge in [-0.2, -0.15) is 0 Å². The van der Waals surface area contributed by atoms with Crippen LogP contribution in [-0.4, -0.2) is 58.8 Å². The Morgan fingerprint density at radius 3 is 2.60 bits per heavy atom. The molecule has 2 aromatic rings. The summed E-state index contributed by atoms with van der Waals surface area (Å²) in [6, 6.07) is 14.8. The summed E-state index contributed by atoms with van der Waals surface area (Å²) in [7, 11) is 1.73. The van der Waals surface area contributed by atoms with Crippen molar-refractivity contribution in [3.63, 3.8) is 0 Å². The molecule has 1 saturated heterocycles. The van der Waals surface area contributed by atoms with Crippen molar-refractivity contribution in [2.24, 2.45) is 10.7 Å². The van der Waals surface area contributed by atoms with Crippen LogP contribution in [0.3, 0.4) is 0 Å². The van der Waals surface area contributed by atoms with Gasteiger partial charge in [0.2, 0.25) is 5.91 Å². The number of rotatable bonds is 7. The number of nitrogens with zero attached hydrogens (tertiary/aromatic N) is 2. The fourth-order valence-corrected chi connectivity index (χ4v) is 8.10. The number of ether oxygens (including phenoxy) is 2. The summed E-state index contributed by atoms with van der Waals surface area (Å²) >= 11 is 0. The van der Waals surface area contributed by atoms with Crippen LogP contribution < -0.4 is 15.8 Å². The van der Waals surface area contributed by atoms with Gasteiger partial charge in [0, 0.05) is 37.1 Å². The lowest BCUT2D eigenvalue weighted by molar-refractivity contribution is -0.131. The van der Waals surface area contributed by atoms with Crippen molar-refractivity contribution >= 4 is 17.4 Å². The van der Waals surface area contributed by atoms with Crippen LogP contribution in [0.15, 0.2) is 53.0 Å². The first-order valence-corrected chi connectivity index (χ1v) is 16.0. The van der Waals surface area contributed by atoms with E-state index in [4.69, 9.17) is 20.2 Å². The molecule has 2 aromatic carbocycles. The molecule has 1 saturated carbocycles. The maximum atomic E-state index is 13.7. The third kappa shape index (κ3) is 4.61. The van der Waals surface area contributed by atoms with E-state index in [-0.39, 0.29) is 42.7 Å². The molecule has 2 fully saturated rings. The lowest BCUT2D eigenvalue weighted by atomic mass is 9.75. The van der Waals surface area contributed by atoms with Crippen molar-refractivity contribution in [2.45, 2.75) is 107 Å². The number of allylic oxidation sites excluding steroid dienone is 1. The van der Waals surface area contributed by atoms with Crippen molar-refractivity contribution in [1.29, 1.82) is 0 Å². The molecule has 1 amide bonds. The number of nitrogens with one attached hydrogen (secondary N) is 1. The molecule has 228 valence electrons. The topological polar surface area (TPSA) is 119 Å². The summed E-state index contributed by atoms with van der Waals surface area (Å²) in [4.78, 5) is 20.3. The van der Waals surface area contributed by atoms with E-state index in [2.05, 4.69) is 43.4 Å². The summed E-state index contributed by atoms with van der Waals surface area (Å²) in [6.45, 7) is 6.32. The minimum atomic E-state index is -0.984. The average molecular weight is 585 g/mol. The third-order valence-corrected chi connectivity index (χ3v) is 10.9. The fraction of sp³-hybridized carbons (Fsp3) is 0.543. The molecule has 7 rings (SSSR count). The smallest absolute Gasteiger partial charge is 0.232 e. The van der Waals surface area contributed by atoms with Crippen LogP contribution in [0.1, 0.15) is 106 Å². The quantitative estimate of drug-likeness (QED) is 0.388. The molecule has 6 atom stereocenters. The van der Waals surface area contributed by atoms with Gasteiger partial charge in [0.25, 0.3) is 0 Å². The summed E-state index contributed by atoms with van der Waals surface area (Å²) < 4.78 is 11.9. The monoisotopic (exact) mass is 584 g/mol. The first-order chi connectivity index (χ1) is 20.7. The maximum absolute atomic E-state index is 13.7. The third-order valence-electron chi connectivity index (χ3n) is 10.9. The molecule has 3 heterocycles. The van der Waals surface area contributed by atoms with Crippen LogP contribution in [0.5, 0.6) is 5.75 Å². The van der Waals surface area contributed by atoms with E-state index in [1.54, 1.807) is 12.0 Å². The summed E-state index contributed by atoms with van der Waals surface area (Å²) in [5.41, 5.74) is 12.4. The standard InChI is InChI=1S/C35H44N4O4/c1-5-35(6-2)18-28(40)39(33(36)38-35)25-17-27(42-4)22-15-14-21(16-24(22)25)29(20-10-9-11-20)31-32(37-31)30-23-12-7-8-13-26(23)43-19-34(30,3)41/h7-8,12-16,25,27,30-32,37,41H,5-6,9-11,17-19H2,1-4H3,(H2,36,38)/t25-,27-,30+,31?,32?,34-/m1/s1. The minimum absolute atomic E-state index is 0.0382. The molecule has 0 radical (unpaired) electrons. The zero-order valence-electron chi connectivity index (χ0n) is 25.7. The molecule has 0 aromatic heterocycles. The van der Waals surface area contributed by atoms with E-state index in [1.807, 2.05) is 25.1 Å². The van der Waals surface area contributed by atoms with E-state index in [9.17, 15) is 9.90 Å². The Morgan fingerprint density at radius 1 is 1.16 bits per heavy atom. The van der Waals surface area contributed by atoms with Gasteiger partial charge in [-0.3, -0.25) is 9.69 Å². The number of aliphatic hydroxyl groups is 1. The zero-order chi connectivity index (χ0) is 30.1. The van der Waals surface area contributed by atoms with Gasteiger partial charge < -0.3 is 25.6 Å². The van der Waals surface area contributed by atoms with Crippen LogP contribution >= 0.6 is 0 Å². The number of carbonyl (C=O) groups is 1. The van der Waals surface area contributed by atoms with E-state index in [0.717, 1.165) is 48.1 Å². The van der Waals surface area contributed by atoms with Crippen molar-refractivity contribution < 1.29 is 19.4 Å². The van der Waals surface area contributed by atoms with E-state index < -0.39 is 11.1 Å². The Balaban J connectivity index is 1.25. The van der Waals surface area contributed by atoms with Crippen LogP contribution in [-0.2, 0) is 9.53 Å². The van der Waals surface area contributed by atoms with Gasteiger partial charge in [-0.15, -0.1) is 0 Å². The van der Waals surface area contributed by atoms with Crippen molar-refractivity contribution in [1.82, 2.24) is 10.2 Å². The Bertz CT molecular complexity index is 1500. The molecule has 3 aliphatic heterocycles. The molecule has 2 aliphatic carbocycles. The second kappa shape index (κ2) is 10.5. The number of carbonyl (C=O) groups excluding carboxylic acids is 1. The Morgan fingerprint density at radius 2 is 1.93 bits per heavy atom. The molecular formula is C35H44N4O4. The average Bonchev–Trinajstić information content (AvgIpc) is 3.65. The first kappa shape index (κ1) is 28.6. The first-order valence-electron chi connectivity index (χ1n) is 16.0. The van der Waals surface area contributed by atoms with E-state index >= 15 is 0 Å². The van der Waals surface area contributed by atoms with Crippen LogP contribution in [0.25, 0.3) is 5.57 Å². The zero-order valence-corrected chi connectivity index (χ0v) is 25.7. The molecule has 4 N–H and O–H groups in total. The molecular weight excluding hydrogens is 540 g/mol. The second-order valence-corrected chi connectivity index (χ2v) is 13.4. The molecule has 8 nitrogen and oxygen atoms in total. The van der Waals surface area contributed by atoms with Crippen LogP contribution in [0.4, 0.5) is 0 Å². The summed E-state index contributed by atoms with van der Waals surface area (Å²) in [5.74, 6) is 1.13. The van der Waals surface area contributed by atoms with Crippen molar-refractivity contribution in [2.75, 3.05) is 13.7 Å². The lowest BCUT2D eigenvalue weighted by Crippen LogP contribution is -2.52. The van der Waals surface area contributed by atoms with E-state index in [1.165, 1.54) is 23.1 Å². The van der Waals surface area contributed by atoms with Gasteiger partial charge in [0.1, 0.15) is 18.0 Å². The number of fused-ring (bicyclic) bond motifs is 2. The van der Waals surface area contributed by atoms with Gasteiger partial charge >= 0.3 is 0 Å². The normalized spacial score (nSPS) is 32.3. The van der Waals surface area contributed by atoms with Crippen LogP contribution in [0, 0.1) is 0 Å². The summed E-state index contributed by atoms with van der Waals surface area (Å²) in [5, 5.41) is 15.3. The Kier molecular flexibility index (Phi) is 6.95. The highest BCUT2D eigenvalue weighted by atomic mass is 16.5. The molecule has 8 heteroatoms. The number of amides is 1. The molecule has 43 heavy (non-hydrogen) atoms. The van der Waals surface area contributed by atoms with Crippen molar-refractivity contribution in [3.05, 3.63) is 70.3 Å². The molecule has 2 unspecified atom stereocenters. The Hall–Kier alpha value is -3.20. The predicted molar refractivity (Wildman–Crippen MR) is 167 cm³/mol. The van der Waals surface area contributed by atoms with Gasteiger partial charge in [-0.1, -0.05) is 49.8 Å². The van der Waals surface area contributed by atoms with Crippen molar-refractivity contribution in [3.8, 4) is 5.75 Å². The van der Waals surface area contributed by atoms with Gasteiger partial charge in [-0.05, 0) is 73.4 Å². The second-order valence-electron chi connectivity index (χ2n) is 13.4. The summed E-state index contributed by atoms with van der Waals surface area (Å²) in [6.07, 6.45) is 5.85. The fourth-order valence-electron chi connectivity index (χ4n) is 8.10. The molecule has 0 spiro atoms. The van der Waals surface area contributed by atoms with Crippen LogP contribution in [0.2, 0.25) is 0 Å². The number of guanidine groups is 1. The van der Waals surface area contributed by atoms with E-state index in [0.29, 0.717) is 18.8 Å². The SMILES string of the molecule is CCC1(CC)CC(=O)N([C@@H]2C[C@@H](OC)c3ccc(C(=C4CCC4)C4NC4[C@@H]4c5ccccc5OC[C@@]4(C)O)cc32)C(N)=N1. The van der Waals surface area contributed by atoms with Gasteiger partial charge in [-0.25, -0.2) is 4.99 Å². The van der Waals surface area contributed by atoms with Gasteiger partial charge in [0.15, 0.2) is 5.96 Å². The highest BCUT2D eigenvalue weighted by molar-refractivity contribution is 5.99. The Labute approximate surface area is 254 Å². The predicted octanol–water partition coefficient (Wildman–Crippen LogP) is 5.13. The number of hydrogen-bond donors (Lipinski definition) is 3. The number of methoxy groups -OCH3 is 1. The minimum Gasteiger partial charge on any atom is -0.490 e. The van der Waals surface area contributed by atoms with Gasteiger partial charge in [0.05, 0.1) is 24.1 Å². The highest BCUT2D eigenvalue weighted by Gasteiger charge is 2.55. The molecule has 0 bridgehead atoms.